The summed E-state index contributed by atoms with van der Waals surface area (Å²) >= 11 is 0. The van der Waals surface area contributed by atoms with Crippen LogP contribution >= 0.6 is 0 Å². The maximum Gasteiger partial charge on any atom is 0.305 e. The summed E-state index contributed by atoms with van der Waals surface area (Å²) in [5.41, 5.74) is 3.87. The number of hydrogen-bond acceptors (Lipinski definition) is 3. The smallest absolute Gasteiger partial charge is 0.305 e. The van der Waals surface area contributed by atoms with Crippen LogP contribution in [0.1, 0.15) is 49.4 Å². The summed E-state index contributed by atoms with van der Waals surface area (Å²) in [5, 5.41) is 3.44. The van der Waals surface area contributed by atoms with Gasteiger partial charge in [0.05, 0.1) is 6.61 Å². The molecule has 19 heavy (non-hydrogen) atoms. The molecule has 0 bridgehead atoms. The highest BCUT2D eigenvalue weighted by Gasteiger charge is 2.06. The molecule has 1 aromatic rings. The van der Waals surface area contributed by atoms with Gasteiger partial charge < -0.3 is 10.1 Å². The van der Waals surface area contributed by atoms with E-state index in [1.807, 2.05) is 6.92 Å². The molecule has 3 heteroatoms. The molecule has 0 saturated carbocycles. The van der Waals surface area contributed by atoms with E-state index < -0.39 is 0 Å². The quantitative estimate of drug-likeness (QED) is 0.606. The average molecular weight is 263 g/mol. The van der Waals surface area contributed by atoms with Gasteiger partial charge in [-0.15, -0.1) is 0 Å². The highest BCUT2D eigenvalue weighted by Crippen LogP contribution is 2.16. The molecule has 3 nitrogen and oxygen atoms in total. The molecule has 1 rings (SSSR count). The van der Waals surface area contributed by atoms with E-state index in [9.17, 15) is 4.79 Å². The summed E-state index contributed by atoms with van der Waals surface area (Å²) in [6.45, 7) is 9.50. The van der Waals surface area contributed by atoms with Gasteiger partial charge in [0.1, 0.15) is 0 Å². The Morgan fingerprint density at radius 2 is 1.89 bits per heavy atom. The van der Waals surface area contributed by atoms with E-state index in [2.05, 4.69) is 44.3 Å². The second-order valence-corrected chi connectivity index (χ2v) is 5.01. The SMILES string of the molecule is CCOC(=O)CCCNC(C)c1cc(C)cc(C)c1. The van der Waals surface area contributed by atoms with Crippen molar-refractivity contribution < 1.29 is 9.53 Å². The fraction of sp³-hybridized carbons (Fsp3) is 0.562. The Morgan fingerprint density at radius 3 is 2.47 bits per heavy atom. The van der Waals surface area contributed by atoms with Crippen molar-refractivity contribution in [1.82, 2.24) is 5.32 Å². The van der Waals surface area contributed by atoms with Gasteiger partial charge in [0.2, 0.25) is 0 Å². The van der Waals surface area contributed by atoms with Crippen LogP contribution < -0.4 is 5.32 Å². The zero-order valence-corrected chi connectivity index (χ0v) is 12.5. The van der Waals surface area contributed by atoms with Crippen LogP contribution in [0.5, 0.6) is 0 Å². The molecule has 1 unspecified atom stereocenters. The molecule has 1 atom stereocenters. The summed E-state index contributed by atoms with van der Waals surface area (Å²) in [7, 11) is 0. The summed E-state index contributed by atoms with van der Waals surface area (Å²) in [6, 6.07) is 6.89. The predicted octanol–water partition coefficient (Wildman–Crippen LogP) is 3.30. The zero-order chi connectivity index (χ0) is 14.3. The van der Waals surface area contributed by atoms with Crippen molar-refractivity contribution in [2.24, 2.45) is 0 Å². The monoisotopic (exact) mass is 263 g/mol. The van der Waals surface area contributed by atoms with E-state index in [1.54, 1.807) is 0 Å². The molecule has 0 aliphatic heterocycles. The molecule has 0 aliphatic carbocycles. The van der Waals surface area contributed by atoms with Crippen molar-refractivity contribution >= 4 is 5.97 Å². The number of hydrogen-bond donors (Lipinski definition) is 1. The maximum absolute atomic E-state index is 11.2. The minimum absolute atomic E-state index is 0.108. The fourth-order valence-corrected chi connectivity index (χ4v) is 2.16. The first kappa shape index (κ1) is 15.7. The van der Waals surface area contributed by atoms with Gasteiger partial charge in [0, 0.05) is 12.5 Å². The number of ether oxygens (including phenoxy) is 1. The summed E-state index contributed by atoms with van der Waals surface area (Å²) in [6.07, 6.45) is 1.30. The first-order valence-corrected chi connectivity index (χ1v) is 7.00. The van der Waals surface area contributed by atoms with Gasteiger partial charge >= 0.3 is 5.97 Å². The normalized spacial score (nSPS) is 12.2. The van der Waals surface area contributed by atoms with E-state index in [0.29, 0.717) is 19.1 Å². The van der Waals surface area contributed by atoms with Gasteiger partial charge in [-0.25, -0.2) is 0 Å². The van der Waals surface area contributed by atoms with Crippen molar-refractivity contribution in [3.05, 3.63) is 34.9 Å². The summed E-state index contributed by atoms with van der Waals surface area (Å²) in [5.74, 6) is -0.108. The highest BCUT2D eigenvalue weighted by atomic mass is 16.5. The van der Waals surface area contributed by atoms with E-state index in [-0.39, 0.29) is 5.97 Å². The van der Waals surface area contributed by atoms with E-state index in [1.165, 1.54) is 16.7 Å². The van der Waals surface area contributed by atoms with Crippen molar-refractivity contribution in [1.29, 1.82) is 0 Å². The number of benzene rings is 1. The van der Waals surface area contributed by atoms with Crippen LogP contribution in [0, 0.1) is 13.8 Å². The van der Waals surface area contributed by atoms with Crippen molar-refractivity contribution in [3.8, 4) is 0 Å². The first-order valence-electron chi connectivity index (χ1n) is 7.00. The predicted molar refractivity (Wildman–Crippen MR) is 78.2 cm³/mol. The lowest BCUT2D eigenvalue weighted by Gasteiger charge is -2.15. The number of nitrogens with one attached hydrogen (secondary N) is 1. The van der Waals surface area contributed by atoms with Crippen LogP contribution in [0.25, 0.3) is 0 Å². The van der Waals surface area contributed by atoms with E-state index >= 15 is 0 Å². The number of carbonyl (C=O) groups excluding carboxylic acids is 1. The van der Waals surface area contributed by atoms with Crippen LogP contribution in [0.3, 0.4) is 0 Å². The molecule has 1 aromatic carbocycles. The third kappa shape index (κ3) is 5.88. The lowest BCUT2D eigenvalue weighted by atomic mass is 10.0. The highest BCUT2D eigenvalue weighted by molar-refractivity contribution is 5.69. The van der Waals surface area contributed by atoms with Crippen LogP contribution in [0.15, 0.2) is 18.2 Å². The van der Waals surface area contributed by atoms with E-state index in [4.69, 9.17) is 4.74 Å². The lowest BCUT2D eigenvalue weighted by Crippen LogP contribution is -2.21. The summed E-state index contributed by atoms with van der Waals surface area (Å²) < 4.78 is 4.90. The molecular formula is C16H25NO2. The number of aryl methyl sites for hydroxylation is 2. The van der Waals surface area contributed by atoms with Gasteiger partial charge in [0.25, 0.3) is 0 Å². The number of carbonyl (C=O) groups is 1. The molecule has 106 valence electrons. The van der Waals surface area contributed by atoms with Crippen LogP contribution in [-0.2, 0) is 9.53 Å². The van der Waals surface area contributed by atoms with Crippen LogP contribution in [-0.4, -0.2) is 19.1 Å². The van der Waals surface area contributed by atoms with Crippen molar-refractivity contribution in [3.63, 3.8) is 0 Å². The van der Waals surface area contributed by atoms with Gasteiger partial charge in [-0.2, -0.15) is 0 Å². The second-order valence-electron chi connectivity index (χ2n) is 5.01. The molecule has 0 radical (unpaired) electrons. The zero-order valence-electron chi connectivity index (χ0n) is 12.5. The molecule has 0 fully saturated rings. The third-order valence-corrected chi connectivity index (χ3v) is 3.06. The Morgan fingerprint density at radius 1 is 1.26 bits per heavy atom. The Bertz CT molecular complexity index is 395. The topological polar surface area (TPSA) is 38.3 Å². The Labute approximate surface area is 116 Å². The molecule has 0 aromatic heterocycles. The van der Waals surface area contributed by atoms with Crippen LogP contribution in [0.4, 0.5) is 0 Å². The molecule has 0 spiro atoms. The Balaban J connectivity index is 2.35. The van der Waals surface area contributed by atoms with Crippen LogP contribution in [0.2, 0.25) is 0 Å². The van der Waals surface area contributed by atoms with Gasteiger partial charge in [0.15, 0.2) is 0 Å². The standard InChI is InChI=1S/C16H25NO2/c1-5-19-16(18)7-6-8-17-14(4)15-10-12(2)9-13(3)11-15/h9-11,14,17H,5-8H2,1-4H3. The molecule has 0 aliphatic rings. The largest absolute Gasteiger partial charge is 0.466 e. The molecule has 1 N–H and O–H groups in total. The van der Waals surface area contributed by atoms with Gasteiger partial charge in [-0.05, 0) is 46.2 Å². The summed E-state index contributed by atoms with van der Waals surface area (Å²) in [4.78, 5) is 11.2. The number of rotatable bonds is 7. The second kappa shape index (κ2) is 7.95. The first-order chi connectivity index (χ1) is 9.02. The average Bonchev–Trinajstić information content (AvgIpc) is 2.33. The molecule has 0 amide bonds. The third-order valence-electron chi connectivity index (χ3n) is 3.06. The Kier molecular flexibility index (Phi) is 6.57. The molecular weight excluding hydrogens is 238 g/mol. The fourth-order valence-electron chi connectivity index (χ4n) is 2.16. The maximum atomic E-state index is 11.2. The minimum atomic E-state index is -0.108. The van der Waals surface area contributed by atoms with Gasteiger partial charge in [-0.3, -0.25) is 4.79 Å². The molecule has 0 heterocycles. The lowest BCUT2D eigenvalue weighted by molar-refractivity contribution is -0.143. The van der Waals surface area contributed by atoms with E-state index in [0.717, 1.165) is 13.0 Å². The molecule has 0 saturated heterocycles. The van der Waals surface area contributed by atoms with Crippen molar-refractivity contribution in [2.45, 2.75) is 46.6 Å². The minimum Gasteiger partial charge on any atom is -0.466 e. The van der Waals surface area contributed by atoms with Gasteiger partial charge in [-0.1, -0.05) is 29.3 Å². The Hall–Kier alpha value is -1.35. The number of esters is 1. The van der Waals surface area contributed by atoms with Crippen molar-refractivity contribution in [2.75, 3.05) is 13.2 Å².